The van der Waals surface area contributed by atoms with Crippen LogP contribution in [0.2, 0.25) is 0 Å². The number of allylic oxidation sites excluding steroid dienone is 1. The lowest BCUT2D eigenvalue weighted by Crippen LogP contribution is -2.40. The number of sulfone groups is 1. The summed E-state index contributed by atoms with van der Waals surface area (Å²) in [5.41, 5.74) is -2.65. The van der Waals surface area contributed by atoms with Gasteiger partial charge in [-0.1, -0.05) is 31.4 Å². The van der Waals surface area contributed by atoms with Crippen LogP contribution in [0.3, 0.4) is 0 Å². The Labute approximate surface area is 184 Å². The Bertz CT molecular complexity index is 1110. The van der Waals surface area contributed by atoms with Crippen molar-refractivity contribution >= 4 is 16.1 Å². The monoisotopic (exact) mass is 470 g/mol. The molecule has 1 aromatic carbocycles. The Morgan fingerprint density at radius 2 is 1.97 bits per heavy atom. The van der Waals surface area contributed by atoms with Crippen molar-refractivity contribution in [3.05, 3.63) is 52.9 Å². The van der Waals surface area contributed by atoms with Crippen molar-refractivity contribution < 1.29 is 31.4 Å². The van der Waals surface area contributed by atoms with Crippen LogP contribution in [0.15, 0.2) is 51.7 Å². The third kappa shape index (κ3) is 4.17. The second kappa shape index (κ2) is 7.91. The number of halogens is 3. The van der Waals surface area contributed by atoms with Crippen molar-refractivity contribution in [2.24, 2.45) is 16.8 Å². The van der Waals surface area contributed by atoms with Crippen LogP contribution in [0.25, 0.3) is 0 Å². The fourth-order valence-corrected chi connectivity index (χ4v) is 5.35. The number of ether oxygens (including phenoxy) is 1. The number of nitrogens with zero attached hydrogens (tertiary/aromatic N) is 1. The second-order valence-corrected chi connectivity index (χ2v) is 10.6. The molecule has 1 fully saturated rings. The molecular weight excluding hydrogens is 445 g/mol. The van der Waals surface area contributed by atoms with Crippen LogP contribution in [0.1, 0.15) is 36.8 Å². The van der Waals surface area contributed by atoms with Gasteiger partial charge in [0.1, 0.15) is 17.5 Å². The van der Waals surface area contributed by atoms with Crippen LogP contribution in [0.5, 0.6) is 0 Å². The van der Waals surface area contributed by atoms with E-state index >= 15 is 0 Å². The maximum atomic E-state index is 13.8. The van der Waals surface area contributed by atoms with Crippen LogP contribution in [-0.2, 0) is 26.4 Å². The number of aliphatic imine (C=N–C) groups is 1. The van der Waals surface area contributed by atoms with E-state index in [4.69, 9.17) is 4.74 Å². The minimum atomic E-state index is -4.89. The van der Waals surface area contributed by atoms with Gasteiger partial charge < -0.3 is 15.2 Å². The lowest BCUT2D eigenvalue weighted by Gasteiger charge is -2.38. The Balaban J connectivity index is 1.81. The van der Waals surface area contributed by atoms with Gasteiger partial charge in [-0.3, -0.25) is 4.99 Å². The summed E-state index contributed by atoms with van der Waals surface area (Å²) >= 11 is 0. The first-order valence-corrected chi connectivity index (χ1v) is 12.2. The maximum Gasteiger partial charge on any atom is 0.417 e. The van der Waals surface area contributed by atoms with Gasteiger partial charge in [-0.2, -0.15) is 13.2 Å². The predicted octanol–water partition coefficient (Wildman–Crippen LogP) is 3.53. The van der Waals surface area contributed by atoms with E-state index in [1.807, 2.05) is 6.08 Å². The van der Waals surface area contributed by atoms with E-state index in [-0.39, 0.29) is 23.8 Å². The lowest BCUT2D eigenvalue weighted by molar-refractivity contribution is -0.140. The first-order chi connectivity index (χ1) is 14.9. The number of hydrogen-bond acceptors (Lipinski definition) is 6. The Kier molecular flexibility index (Phi) is 5.65. The van der Waals surface area contributed by atoms with Gasteiger partial charge in [-0.25, -0.2) is 8.42 Å². The molecule has 3 unspecified atom stereocenters. The van der Waals surface area contributed by atoms with Crippen molar-refractivity contribution in [3.63, 3.8) is 0 Å². The number of fused-ring (bicyclic) bond motifs is 1. The molecule has 1 aromatic rings. The van der Waals surface area contributed by atoms with Gasteiger partial charge in [0.15, 0.2) is 9.84 Å². The molecule has 2 N–H and O–H groups in total. The van der Waals surface area contributed by atoms with Crippen LogP contribution in [-0.4, -0.2) is 39.3 Å². The standard InChI is InChI=1S/C22H25F3N2O4S/c1-31-16-8-14-9-19(27-20(14)26-12-16)21(28,11-13-4-3-5-13)15-6-7-18(32(2,29)30)17(10-15)22(23,24)25/h6-10,12-14,20,27-28H,3-5,11H2,1-2H3. The number of hydrogen-bond donors (Lipinski definition) is 2. The third-order valence-corrected chi connectivity index (χ3v) is 7.55. The van der Waals surface area contributed by atoms with Crippen molar-refractivity contribution in [3.8, 4) is 0 Å². The first-order valence-electron chi connectivity index (χ1n) is 10.3. The number of rotatable bonds is 6. The number of methoxy groups -OCH3 is 1. The number of nitrogens with one attached hydrogen (secondary N) is 1. The second-order valence-electron chi connectivity index (χ2n) is 8.64. The predicted molar refractivity (Wildman–Crippen MR) is 112 cm³/mol. The number of alkyl halides is 3. The zero-order valence-corrected chi connectivity index (χ0v) is 18.5. The minimum absolute atomic E-state index is 0.00134. The van der Waals surface area contributed by atoms with E-state index in [0.29, 0.717) is 11.5 Å². The summed E-state index contributed by atoms with van der Waals surface area (Å²) in [7, 11) is -2.60. The average Bonchev–Trinajstić information content (AvgIpc) is 3.12. The Morgan fingerprint density at radius 3 is 2.53 bits per heavy atom. The topological polar surface area (TPSA) is 88.0 Å². The van der Waals surface area contributed by atoms with Gasteiger partial charge >= 0.3 is 6.18 Å². The molecule has 3 atom stereocenters. The summed E-state index contributed by atoms with van der Waals surface area (Å²) in [5.74, 6) is 0.489. The van der Waals surface area contributed by atoms with Crippen LogP contribution >= 0.6 is 0 Å². The highest BCUT2D eigenvalue weighted by atomic mass is 32.2. The average molecular weight is 471 g/mol. The molecule has 0 spiro atoms. The fourth-order valence-electron chi connectivity index (χ4n) is 4.46. The van der Waals surface area contributed by atoms with E-state index < -0.39 is 38.2 Å². The highest BCUT2D eigenvalue weighted by Gasteiger charge is 2.45. The molecule has 0 aromatic heterocycles. The van der Waals surface area contributed by atoms with Gasteiger partial charge in [-0.15, -0.1) is 0 Å². The van der Waals surface area contributed by atoms with E-state index in [2.05, 4.69) is 10.3 Å². The van der Waals surface area contributed by atoms with E-state index in [1.165, 1.54) is 13.2 Å². The normalized spacial score (nSPS) is 25.2. The van der Waals surface area contributed by atoms with E-state index in [0.717, 1.165) is 37.7 Å². The molecule has 6 nitrogen and oxygen atoms in total. The summed E-state index contributed by atoms with van der Waals surface area (Å²) in [4.78, 5) is 3.56. The van der Waals surface area contributed by atoms with Crippen molar-refractivity contribution in [2.75, 3.05) is 13.4 Å². The van der Waals surface area contributed by atoms with Crippen LogP contribution in [0.4, 0.5) is 13.2 Å². The molecule has 174 valence electrons. The van der Waals surface area contributed by atoms with Crippen LogP contribution < -0.4 is 5.32 Å². The molecular formula is C22H25F3N2O4S. The lowest BCUT2D eigenvalue weighted by atomic mass is 9.73. The van der Waals surface area contributed by atoms with Crippen molar-refractivity contribution in [1.29, 1.82) is 0 Å². The van der Waals surface area contributed by atoms with E-state index in [1.54, 1.807) is 12.3 Å². The Hall–Kier alpha value is -2.33. The smallest absolute Gasteiger partial charge is 0.417 e. The van der Waals surface area contributed by atoms with Gasteiger partial charge in [0.25, 0.3) is 0 Å². The number of dihydropyridines is 1. The van der Waals surface area contributed by atoms with Gasteiger partial charge in [0.05, 0.1) is 23.8 Å². The molecule has 3 aliphatic rings. The number of aliphatic hydroxyl groups is 1. The molecule has 2 aliphatic heterocycles. The van der Waals surface area contributed by atoms with Crippen molar-refractivity contribution in [1.82, 2.24) is 5.32 Å². The molecule has 10 heteroatoms. The minimum Gasteiger partial charge on any atom is -0.495 e. The summed E-state index contributed by atoms with van der Waals surface area (Å²) < 4.78 is 70.4. The molecule has 32 heavy (non-hydrogen) atoms. The Morgan fingerprint density at radius 1 is 1.25 bits per heavy atom. The van der Waals surface area contributed by atoms with Gasteiger partial charge in [0, 0.05) is 17.9 Å². The summed E-state index contributed by atoms with van der Waals surface area (Å²) in [5, 5.41) is 15.0. The summed E-state index contributed by atoms with van der Waals surface area (Å²) in [6, 6.07) is 2.97. The van der Waals surface area contributed by atoms with Gasteiger partial charge in [0.2, 0.25) is 0 Å². The molecule has 4 rings (SSSR count). The fraction of sp³-hybridized carbons (Fsp3) is 0.500. The maximum absolute atomic E-state index is 13.8. The third-order valence-electron chi connectivity index (χ3n) is 6.40. The van der Waals surface area contributed by atoms with Gasteiger partial charge in [-0.05, 0) is 36.1 Å². The molecule has 2 heterocycles. The zero-order valence-electron chi connectivity index (χ0n) is 17.7. The molecule has 1 aliphatic carbocycles. The quantitative estimate of drug-likeness (QED) is 0.664. The number of benzene rings is 1. The molecule has 1 saturated carbocycles. The molecule has 0 radical (unpaired) electrons. The van der Waals surface area contributed by atoms with Crippen LogP contribution in [0, 0.1) is 11.8 Å². The largest absolute Gasteiger partial charge is 0.495 e. The zero-order chi connectivity index (χ0) is 23.3. The molecule has 0 amide bonds. The highest BCUT2D eigenvalue weighted by molar-refractivity contribution is 7.90. The summed E-state index contributed by atoms with van der Waals surface area (Å²) in [6.45, 7) is 0. The first kappa shape index (κ1) is 22.8. The van der Waals surface area contributed by atoms with E-state index in [9.17, 15) is 26.7 Å². The van der Waals surface area contributed by atoms with Crippen molar-refractivity contribution in [2.45, 2.75) is 48.5 Å². The molecule has 0 bridgehead atoms. The summed E-state index contributed by atoms with van der Waals surface area (Å²) in [6.07, 6.45) is 3.58. The SMILES string of the molecule is COC1=CC2C=C(C(O)(CC3CCC3)c3ccc(S(C)(=O)=O)c(C(F)(F)F)c3)NC2N=C1. The molecule has 0 saturated heterocycles. The highest BCUT2D eigenvalue weighted by Crippen LogP contribution is 2.46.